The van der Waals surface area contributed by atoms with Crippen molar-refractivity contribution < 1.29 is 19.1 Å². The highest BCUT2D eigenvalue weighted by Gasteiger charge is 2.29. The van der Waals surface area contributed by atoms with Crippen molar-refractivity contribution in [3.8, 4) is 0 Å². The normalized spacial score (nSPS) is 19.2. The zero-order valence-corrected chi connectivity index (χ0v) is 10.4. The number of aliphatic carboxylic acids is 1. The molecule has 6 heteroatoms. The topological polar surface area (TPSA) is 70.5 Å². The number of piperidine rings is 1. The van der Waals surface area contributed by atoms with E-state index in [1.165, 1.54) is 23.1 Å². The summed E-state index contributed by atoms with van der Waals surface area (Å²) in [4.78, 5) is 28.1. The van der Waals surface area contributed by atoms with Crippen LogP contribution in [0.1, 0.15) is 36.2 Å². The molecule has 1 amide bonds. The van der Waals surface area contributed by atoms with Crippen LogP contribution < -0.4 is 0 Å². The fourth-order valence-electron chi connectivity index (χ4n) is 2.36. The van der Waals surface area contributed by atoms with Crippen molar-refractivity contribution in [2.24, 2.45) is 0 Å². The summed E-state index contributed by atoms with van der Waals surface area (Å²) in [7, 11) is 0. The number of hydrogen-bond donors (Lipinski definition) is 1. The standard InChI is InChI=1S/C13H15FN2O3/c14-11-6-3-5-10(15-11)13(19)16-7-2-1-4-9(16)8-12(17)18/h3,5-6,9H,1-2,4,7-8H2,(H,17,18). The maximum Gasteiger partial charge on any atom is 0.305 e. The van der Waals surface area contributed by atoms with Crippen molar-refractivity contribution in [2.45, 2.75) is 31.7 Å². The van der Waals surface area contributed by atoms with Gasteiger partial charge in [0.15, 0.2) is 0 Å². The van der Waals surface area contributed by atoms with Gasteiger partial charge in [-0.05, 0) is 31.4 Å². The van der Waals surface area contributed by atoms with Gasteiger partial charge in [-0.2, -0.15) is 4.39 Å². The molecule has 1 N–H and O–H groups in total. The van der Waals surface area contributed by atoms with Crippen LogP contribution in [0.15, 0.2) is 18.2 Å². The molecule has 0 aliphatic carbocycles. The maximum atomic E-state index is 13.0. The number of carboxylic acids is 1. The summed E-state index contributed by atoms with van der Waals surface area (Å²) in [5.41, 5.74) is 0.0253. The van der Waals surface area contributed by atoms with E-state index < -0.39 is 17.8 Å². The summed E-state index contributed by atoms with van der Waals surface area (Å²) in [6.07, 6.45) is 2.31. The van der Waals surface area contributed by atoms with E-state index in [2.05, 4.69) is 4.98 Å². The van der Waals surface area contributed by atoms with Crippen LogP contribution in [0.5, 0.6) is 0 Å². The SMILES string of the molecule is O=C(O)CC1CCCCN1C(=O)c1cccc(F)n1. The Balaban J connectivity index is 2.17. The molecule has 1 atom stereocenters. The summed E-state index contributed by atoms with van der Waals surface area (Å²) in [6, 6.07) is 3.70. The summed E-state index contributed by atoms with van der Waals surface area (Å²) >= 11 is 0. The number of halogens is 1. The van der Waals surface area contributed by atoms with E-state index in [9.17, 15) is 14.0 Å². The molecule has 0 aromatic carbocycles. The fraction of sp³-hybridized carbons (Fsp3) is 0.462. The highest BCUT2D eigenvalue weighted by Crippen LogP contribution is 2.21. The van der Waals surface area contributed by atoms with Crippen molar-refractivity contribution >= 4 is 11.9 Å². The largest absolute Gasteiger partial charge is 0.481 e. The van der Waals surface area contributed by atoms with E-state index >= 15 is 0 Å². The Bertz CT molecular complexity index is 493. The summed E-state index contributed by atoms with van der Waals surface area (Å²) < 4.78 is 13.0. The number of rotatable bonds is 3. The molecule has 2 heterocycles. The van der Waals surface area contributed by atoms with Gasteiger partial charge in [0.1, 0.15) is 5.69 Å². The van der Waals surface area contributed by atoms with Crippen LogP contribution >= 0.6 is 0 Å². The van der Waals surface area contributed by atoms with Crippen LogP contribution in [0.25, 0.3) is 0 Å². The quantitative estimate of drug-likeness (QED) is 0.845. The number of nitrogens with zero attached hydrogens (tertiary/aromatic N) is 2. The van der Waals surface area contributed by atoms with Gasteiger partial charge in [0.05, 0.1) is 6.42 Å². The Hall–Kier alpha value is -1.98. The summed E-state index contributed by atoms with van der Waals surface area (Å²) in [5.74, 6) is -2.04. The first-order valence-electron chi connectivity index (χ1n) is 6.23. The minimum atomic E-state index is -0.933. The van der Waals surface area contributed by atoms with Gasteiger partial charge >= 0.3 is 5.97 Å². The maximum absolute atomic E-state index is 13.0. The lowest BCUT2D eigenvalue weighted by Crippen LogP contribution is -2.45. The average Bonchev–Trinajstić information content (AvgIpc) is 2.38. The third-order valence-corrected chi connectivity index (χ3v) is 3.23. The first kappa shape index (κ1) is 13.5. The zero-order valence-electron chi connectivity index (χ0n) is 10.4. The van der Waals surface area contributed by atoms with Crippen molar-refractivity contribution in [1.29, 1.82) is 0 Å². The Morgan fingerprint density at radius 3 is 2.89 bits per heavy atom. The second-order valence-corrected chi connectivity index (χ2v) is 4.59. The van der Waals surface area contributed by atoms with Gasteiger partial charge in [0.2, 0.25) is 5.95 Å². The molecule has 1 aromatic heterocycles. The Labute approximate surface area is 110 Å². The Morgan fingerprint density at radius 2 is 2.21 bits per heavy atom. The summed E-state index contributed by atoms with van der Waals surface area (Å²) in [5, 5.41) is 8.87. The number of likely N-dealkylation sites (tertiary alicyclic amines) is 1. The molecule has 1 aliphatic rings. The summed E-state index contributed by atoms with van der Waals surface area (Å²) in [6.45, 7) is 0.495. The molecule has 0 radical (unpaired) electrons. The van der Waals surface area contributed by atoms with Gasteiger partial charge in [0.25, 0.3) is 5.91 Å². The van der Waals surface area contributed by atoms with Crippen LogP contribution in [0.3, 0.4) is 0 Å². The molecule has 0 bridgehead atoms. The lowest BCUT2D eigenvalue weighted by atomic mass is 9.99. The smallest absolute Gasteiger partial charge is 0.305 e. The molecule has 102 valence electrons. The number of pyridine rings is 1. The predicted molar refractivity (Wildman–Crippen MR) is 65.1 cm³/mol. The van der Waals surface area contributed by atoms with Crippen molar-refractivity contribution in [1.82, 2.24) is 9.88 Å². The second-order valence-electron chi connectivity index (χ2n) is 4.59. The molecule has 0 saturated carbocycles. The number of carboxylic acid groups (broad SMARTS) is 1. The van der Waals surface area contributed by atoms with Crippen molar-refractivity contribution in [3.05, 3.63) is 29.8 Å². The predicted octanol–water partition coefficient (Wildman–Crippen LogP) is 1.69. The number of hydrogen-bond acceptors (Lipinski definition) is 3. The Morgan fingerprint density at radius 1 is 1.42 bits per heavy atom. The highest BCUT2D eigenvalue weighted by atomic mass is 19.1. The molecule has 0 spiro atoms. The van der Waals surface area contributed by atoms with Gasteiger partial charge in [-0.15, -0.1) is 0 Å². The molecule has 5 nitrogen and oxygen atoms in total. The molecule has 1 aliphatic heterocycles. The molecular weight excluding hydrogens is 251 g/mol. The Kier molecular flexibility index (Phi) is 4.09. The lowest BCUT2D eigenvalue weighted by molar-refractivity contribution is -0.138. The fourth-order valence-corrected chi connectivity index (χ4v) is 2.36. The van der Waals surface area contributed by atoms with Gasteiger partial charge in [-0.25, -0.2) is 4.98 Å². The van der Waals surface area contributed by atoms with Gasteiger partial charge in [0, 0.05) is 12.6 Å². The minimum Gasteiger partial charge on any atom is -0.481 e. The van der Waals surface area contributed by atoms with E-state index in [0.717, 1.165) is 12.8 Å². The highest BCUT2D eigenvalue weighted by molar-refractivity contribution is 5.92. The van der Waals surface area contributed by atoms with Gasteiger partial charge in [-0.1, -0.05) is 6.07 Å². The van der Waals surface area contributed by atoms with Crippen LogP contribution in [-0.4, -0.2) is 39.5 Å². The van der Waals surface area contributed by atoms with Crippen molar-refractivity contribution in [2.75, 3.05) is 6.54 Å². The monoisotopic (exact) mass is 266 g/mol. The van der Waals surface area contributed by atoms with E-state index in [1.807, 2.05) is 0 Å². The number of amides is 1. The average molecular weight is 266 g/mol. The van der Waals surface area contributed by atoms with E-state index in [-0.39, 0.29) is 18.2 Å². The van der Waals surface area contributed by atoms with E-state index in [0.29, 0.717) is 13.0 Å². The van der Waals surface area contributed by atoms with Gasteiger partial charge < -0.3 is 10.0 Å². The zero-order chi connectivity index (χ0) is 13.8. The van der Waals surface area contributed by atoms with Crippen molar-refractivity contribution in [3.63, 3.8) is 0 Å². The third-order valence-electron chi connectivity index (χ3n) is 3.23. The van der Waals surface area contributed by atoms with E-state index in [4.69, 9.17) is 5.11 Å². The molecule has 19 heavy (non-hydrogen) atoms. The molecular formula is C13H15FN2O3. The first-order chi connectivity index (χ1) is 9.08. The molecule has 1 aromatic rings. The van der Waals surface area contributed by atoms with Crippen LogP contribution in [0.2, 0.25) is 0 Å². The number of carbonyl (C=O) groups is 2. The van der Waals surface area contributed by atoms with E-state index in [1.54, 1.807) is 0 Å². The molecule has 1 saturated heterocycles. The number of carbonyl (C=O) groups excluding carboxylic acids is 1. The molecule has 2 rings (SSSR count). The second kappa shape index (κ2) is 5.77. The third kappa shape index (κ3) is 3.27. The first-order valence-corrected chi connectivity index (χ1v) is 6.23. The van der Waals surface area contributed by atoms with Gasteiger partial charge in [-0.3, -0.25) is 9.59 Å². The van der Waals surface area contributed by atoms with Crippen LogP contribution in [0.4, 0.5) is 4.39 Å². The number of aromatic nitrogens is 1. The minimum absolute atomic E-state index is 0.0253. The van der Waals surface area contributed by atoms with Crippen LogP contribution in [-0.2, 0) is 4.79 Å². The molecule has 1 fully saturated rings. The lowest BCUT2D eigenvalue weighted by Gasteiger charge is -2.34. The molecule has 1 unspecified atom stereocenters. The van der Waals surface area contributed by atoms with Crippen LogP contribution in [0, 0.1) is 5.95 Å².